The van der Waals surface area contributed by atoms with Crippen LogP contribution in [0.2, 0.25) is 0 Å². The van der Waals surface area contributed by atoms with E-state index in [1.165, 1.54) is 7.11 Å². The number of rotatable bonds is 13. The van der Waals surface area contributed by atoms with Gasteiger partial charge in [-0.25, -0.2) is 0 Å². The molecular weight excluding hydrogens is 494 g/mol. The summed E-state index contributed by atoms with van der Waals surface area (Å²) < 4.78 is 10.6. The van der Waals surface area contributed by atoms with Crippen LogP contribution < -0.4 is 15.4 Å². The van der Waals surface area contributed by atoms with E-state index in [9.17, 15) is 24.3 Å². The van der Waals surface area contributed by atoms with Crippen molar-refractivity contribution in [1.29, 1.82) is 0 Å². The molecule has 206 valence electrons. The molecule has 12 nitrogen and oxygen atoms in total. The van der Waals surface area contributed by atoms with Crippen molar-refractivity contribution >= 4 is 23.6 Å². The van der Waals surface area contributed by atoms with E-state index in [4.69, 9.17) is 9.26 Å². The van der Waals surface area contributed by atoms with E-state index < -0.39 is 36.3 Å². The number of hydrogen-bond acceptors (Lipinski definition) is 9. The van der Waals surface area contributed by atoms with Crippen LogP contribution in [0.25, 0.3) is 11.5 Å². The molecule has 0 aliphatic carbocycles. The van der Waals surface area contributed by atoms with Gasteiger partial charge in [-0.3, -0.25) is 24.1 Å². The molecule has 0 radical (unpaired) electrons. The number of carboxylic acids is 1. The van der Waals surface area contributed by atoms with Gasteiger partial charge in [0.25, 0.3) is 5.89 Å². The lowest BCUT2D eigenvalue weighted by Crippen LogP contribution is -2.55. The second-order valence-corrected chi connectivity index (χ2v) is 9.75. The highest BCUT2D eigenvalue weighted by atomic mass is 16.5. The predicted molar refractivity (Wildman–Crippen MR) is 136 cm³/mol. The van der Waals surface area contributed by atoms with Crippen LogP contribution in [0, 0.1) is 12.8 Å². The molecule has 1 unspecified atom stereocenters. The van der Waals surface area contributed by atoms with Crippen molar-refractivity contribution in [1.82, 2.24) is 25.7 Å². The van der Waals surface area contributed by atoms with Crippen LogP contribution in [0.5, 0.6) is 5.75 Å². The third-order valence-corrected chi connectivity index (χ3v) is 6.33. The summed E-state index contributed by atoms with van der Waals surface area (Å²) in [5.74, 6) is -1.71. The molecule has 1 aliphatic heterocycles. The number of nitrogens with one attached hydrogen (secondary N) is 2. The second-order valence-electron chi connectivity index (χ2n) is 9.75. The molecule has 0 bridgehead atoms. The van der Waals surface area contributed by atoms with Crippen LogP contribution >= 0.6 is 0 Å². The molecule has 0 saturated carbocycles. The molecule has 38 heavy (non-hydrogen) atoms. The van der Waals surface area contributed by atoms with Crippen LogP contribution in [0.1, 0.15) is 44.5 Å². The van der Waals surface area contributed by atoms with Crippen molar-refractivity contribution in [2.45, 2.75) is 58.5 Å². The number of aromatic nitrogens is 2. The van der Waals surface area contributed by atoms with Gasteiger partial charge in [0, 0.05) is 11.1 Å². The van der Waals surface area contributed by atoms with Gasteiger partial charge in [-0.15, -0.1) is 0 Å². The molecular formula is C26H35N5O7. The quantitative estimate of drug-likeness (QED) is 0.345. The summed E-state index contributed by atoms with van der Waals surface area (Å²) in [6.45, 7) is 6.81. The number of carbonyl (C=O) groups is 4. The fraction of sp³-hybridized carbons (Fsp3) is 0.538. The number of aliphatic carboxylic acids is 1. The standard InChI is InChI=1S/C26H35N5O7/c1-15(2)24(25(36)28-19(13-23(34)35)20(32)14-31-9-5-6-10-31)29-22(33)12-18-11-17(7-8-21(18)37-4)26-27-16(3)30-38-26/h7-8,11,15,19,24H,5-6,9-10,12-14H2,1-4H3,(H,28,36)(H,29,33)(H,34,35)/t19?,24-/m0/s1. The normalized spacial score (nSPS) is 15.2. The monoisotopic (exact) mass is 529 g/mol. The van der Waals surface area contributed by atoms with Crippen LogP contribution in [0.4, 0.5) is 0 Å². The van der Waals surface area contributed by atoms with Gasteiger partial charge in [0.1, 0.15) is 11.8 Å². The predicted octanol–water partition coefficient (Wildman–Crippen LogP) is 1.36. The van der Waals surface area contributed by atoms with Crippen LogP contribution in [-0.4, -0.2) is 82.5 Å². The highest BCUT2D eigenvalue weighted by Crippen LogP contribution is 2.26. The lowest BCUT2D eigenvalue weighted by molar-refractivity contribution is -0.141. The van der Waals surface area contributed by atoms with Crippen LogP contribution in [0.15, 0.2) is 22.7 Å². The van der Waals surface area contributed by atoms with Gasteiger partial charge in [-0.05, 0) is 57.0 Å². The highest BCUT2D eigenvalue weighted by Gasteiger charge is 2.31. The average Bonchev–Trinajstić information content (AvgIpc) is 3.53. The minimum atomic E-state index is -1.20. The number of carboxylic acid groups (broad SMARTS) is 1. The van der Waals surface area contributed by atoms with Crippen molar-refractivity contribution in [3.8, 4) is 17.2 Å². The molecule has 1 saturated heterocycles. The Balaban J connectivity index is 1.70. The van der Waals surface area contributed by atoms with Crippen molar-refractivity contribution in [2.24, 2.45) is 5.92 Å². The summed E-state index contributed by atoms with van der Waals surface area (Å²) >= 11 is 0. The summed E-state index contributed by atoms with van der Waals surface area (Å²) in [5.41, 5.74) is 1.16. The topological polar surface area (TPSA) is 164 Å². The lowest BCUT2D eigenvalue weighted by atomic mass is 10.0. The van der Waals surface area contributed by atoms with Crippen LogP contribution in [0.3, 0.4) is 0 Å². The Hall–Kier alpha value is -3.80. The van der Waals surface area contributed by atoms with Gasteiger partial charge < -0.3 is 25.0 Å². The first-order chi connectivity index (χ1) is 18.1. The Morgan fingerprint density at radius 2 is 1.87 bits per heavy atom. The third-order valence-electron chi connectivity index (χ3n) is 6.33. The number of amides is 2. The first-order valence-electron chi connectivity index (χ1n) is 12.6. The summed E-state index contributed by atoms with van der Waals surface area (Å²) in [6.07, 6.45) is 1.32. The molecule has 3 rings (SSSR count). The average molecular weight is 530 g/mol. The molecule has 1 aromatic carbocycles. The number of aryl methyl sites for hydroxylation is 1. The number of benzene rings is 1. The molecule has 0 spiro atoms. The molecule has 2 atom stereocenters. The zero-order valence-corrected chi connectivity index (χ0v) is 22.2. The number of ketones is 1. The molecule has 12 heteroatoms. The van der Waals surface area contributed by atoms with E-state index in [-0.39, 0.29) is 24.7 Å². The first kappa shape index (κ1) is 28.8. The number of likely N-dealkylation sites (tertiary alicyclic amines) is 1. The Kier molecular flexibility index (Phi) is 9.94. The maximum atomic E-state index is 13.1. The molecule has 2 amide bonds. The molecule has 3 N–H and O–H groups in total. The van der Waals surface area contributed by atoms with Gasteiger partial charge in [-0.2, -0.15) is 4.98 Å². The van der Waals surface area contributed by atoms with Gasteiger partial charge in [0.15, 0.2) is 11.6 Å². The highest BCUT2D eigenvalue weighted by molar-refractivity contribution is 5.95. The minimum absolute atomic E-state index is 0.0760. The zero-order valence-electron chi connectivity index (χ0n) is 22.2. The Morgan fingerprint density at radius 3 is 2.45 bits per heavy atom. The Morgan fingerprint density at radius 1 is 1.16 bits per heavy atom. The van der Waals surface area contributed by atoms with E-state index in [1.54, 1.807) is 39.0 Å². The minimum Gasteiger partial charge on any atom is -0.496 e. The zero-order chi connectivity index (χ0) is 27.8. The number of nitrogens with zero attached hydrogens (tertiary/aromatic N) is 3. The van der Waals surface area contributed by atoms with Gasteiger partial charge in [0.05, 0.1) is 32.5 Å². The first-order valence-corrected chi connectivity index (χ1v) is 12.6. The van der Waals surface area contributed by atoms with E-state index in [0.29, 0.717) is 28.6 Å². The fourth-order valence-corrected chi connectivity index (χ4v) is 4.35. The molecule has 2 heterocycles. The maximum Gasteiger partial charge on any atom is 0.305 e. The number of Topliss-reactive ketones (excluding diaryl/α,β-unsaturated/α-hetero) is 1. The van der Waals surface area contributed by atoms with E-state index in [2.05, 4.69) is 20.8 Å². The van der Waals surface area contributed by atoms with E-state index in [1.807, 2.05) is 4.90 Å². The largest absolute Gasteiger partial charge is 0.496 e. The van der Waals surface area contributed by atoms with Crippen molar-refractivity contribution in [2.75, 3.05) is 26.7 Å². The summed E-state index contributed by atoms with van der Waals surface area (Å²) in [6, 6.07) is 2.96. The fourth-order valence-electron chi connectivity index (χ4n) is 4.35. The summed E-state index contributed by atoms with van der Waals surface area (Å²) in [4.78, 5) is 56.5. The molecule has 1 aromatic heterocycles. The van der Waals surface area contributed by atoms with E-state index in [0.717, 1.165) is 25.9 Å². The number of hydrogen-bond donors (Lipinski definition) is 3. The lowest BCUT2D eigenvalue weighted by Gasteiger charge is -2.25. The SMILES string of the molecule is COc1ccc(-c2nc(C)no2)cc1CC(=O)N[C@H](C(=O)NC(CC(=O)O)C(=O)CN1CCCC1)C(C)C. The van der Waals surface area contributed by atoms with E-state index >= 15 is 0 Å². The third kappa shape index (κ3) is 7.85. The second kappa shape index (κ2) is 13.1. The van der Waals surface area contributed by atoms with Gasteiger partial charge in [-0.1, -0.05) is 19.0 Å². The number of carbonyl (C=O) groups excluding carboxylic acids is 3. The van der Waals surface area contributed by atoms with Crippen LogP contribution in [-0.2, 0) is 25.6 Å². The van der Waals surface area contributed by atoms with Gasteiger partial charge >= 0.3 is 5.97 Å². The maximum absolute atomic E-state index is 13.1. The van der Waals surface area contributed by atoms with Crippen molar-refractivity contribution < 1.29 is 33.5 Å². The molecule has 1 aliphatic rings. The Labute approximate surface area is 221 Å². The summed E-state index contributed by atoms with van der Waals surface area (Å²) in [5, 5.41) is 18.4. The molecule has 1 fully saturated rings. The smallest absolute Gasteiger partial charge is 0.305 e. The van der Waals surface area contributed by atoms with Gasteiger partial charge in [0.2, 0.25) is 11.8 Å². The number of ether oxygens (including phenoxy) is 1. The van der Waals surface area contributed by atoms with Crippen molar-refractivity contribution in [3.63, 3.8) is 0 Å². The van der Waals surface area contributed by atoms with Crippen molar-refractivity contribution in [3.05, 3.63) is 29.6 Å². The molecule has 2 aromatic rings. The summed E-state index contributed by atoms with van der Waals surface area (Å²) in [7, 11) is 1.49. The number of methoxy groups -OCH3 is 1. The Bertz CT molecular complexity index is 1160.